The van der Waals surface area contributed by atoms with Gasteiger partial charge in [0.2, 0.25) is 0 Å². The van der Waals surface area contributed by atoms with Crippen molar-refractivity contribution < 1.29 is 4.57 Å². The molecule has 0 atom stereocenters. The molecule has 0 aliphatic carbocycles. The van der Waals surface area contributed by atoms with Crippen LogP contribution < -0.4 is 5.56 Å². The molecule has 0 aliphatic heterocycles. The third-order valence-corrected chi connectivity index (χ3v) is 5.00. The minimum atomic E-state index is -3.22. The summed E-state index contributed by atoms with van der Waals surface area (Å²) in [5.41, 5.74) is 3.18. The second-order valence-electron chi connectivity index (χ2n) is 6.28. The van der Waals surface area contributed by atoms with Crippen LogP contribution in [0.15, 0.2) is 53.3 Å². The molecule has 0 radical (unpaired) electrons. The van der Waals surface area contributed by atoms with Crippen molar-refractivity contribution in [3.05, 3.63) is 85.2 Å². The molecule has 2 heterocycles. The Morgan fingerprint density at radius 2 is 1.35 bits per heavy atom. The first-order valence-electron chi connectivity index (χ1n) is 8.55. The summed E-state index contributed by atoms with van der Waals surface area (Å²) in [6.07, 6.45) is 0. The van der Waals surface area contributed by atoms with Crippen molar-refractivity contribution in [3.63, 3.8) is 0 Å². The molecule has 0 aliphatic rings. The number of hydrogen-bond donors (Lipinski definition) is 1. The Balaban J connectivity index is 0.000000182. The van der Waals surface area contributed by atoms with Gasteiger partial charge in [0.05, 0.1) is 5.52 Å². The van der Waals surface area contributed by atoms with Gasteiger partial charge in [-0.2, -0.15) is 0 Å². The summed E-state index contributed by atoms with van der Waals surface area (Å²) in [7, 11) is 0. The zero-order valence-electron chi connectivity index (χ0n) is 16.1. The van der Waals surface area contributed by atoms with E-state index in [1.807, 2.05) is 49.4 Å². The normalized spacial score (nSPS) is 10.8. The minimum absolute atomic E-state index is 0.0604. The molecule has 31 heavy (non-hydrogen) atoms. The predicted molar refractivity (Wildman–Crippen MR) is 136 cm³/mol. The molecule has 2 aromatic heterocycles. The maximum absolute atomic E-state index is 11.2. The van der Waals surface area contributed by atoms with E-state index in [1.54, 1.807) is 13.0 Å². The SMILES string of the molecule is Cc1cc2c(Cl)cccc2[nH]c1=O.Cc1cc2c(Cl)cccc2nc1Cl.O=P(Cl)(Cl)Cl. The maximum Gasteiger partial charge on any atom is 0.339 e. The lowest BCUT2D eigenvalue weighted by Gasteiger charge is -2.02. The molecule has 4 nitrogen and oxygen atoms in total. The zero-order chi connectivity index (χ0) is 23.3. The van der Waals surface area contributed by atoms with Crippen molar-refractivity contribution in [2.24, 2.45) is 0 Å². The molecule has 0 fully saturated rings. The lowest BCUT2D eigenvalue weighted by atomic mass is 10.2. The van der Waals surface area contributed by atoms with Crippen molar-refractivity contribution in [1.82, 2.24) is 9.97 Å². The number of rotatable bonds is 0. The van der Waals surface area contributed by atoms with Gasteiger partial charge in [0.15, 0.2) is 0 Å². The van der Waals surface area contributed by atoms with Gasteiger partial charge < -0.3 is 4.98 Å². The van der Waals surface area contributed by atoms with Crippen molar-refractivity contribution in [2.75, 3.05) is 0 Å². The van der Waals surface area contributed by atoms with Crippen LogP contribution in [0.4, 0.5) is 0 Å². The van der Waals surface area contributed by atoms with Crippen LogP contribution in [0.5, 0.6) is 0 Å². The van der Waals surface area contributed by atoms with Crippen LogP contribution >= 0.6 is 73.7 Å². The van der Waals surface area contributed by atoms with Gasteiger partial charge in [-0.15, -0.1) is 0 Å². The number of H-pyrrole nitrogens is 1. The molecule has 2 aromatic carbocycles. The topological polar surface area (TPSA) is 62.8 Å². The molecule has 164 valence electrons. The van der Waals surface area contributed by atoms with E-state index >= 15 is 0 Å². The van der Waals surface area contributed by atoms with Gasteiger partial charge in [-0.3, -0.25) is 9.36 Å². The third kappa shape index (κ3) is 8.14. The van der Waals surface area contributed by atoms with Crippen LogP contribution in [-0.2, 0) is 4.57 Å². The summed E-state index contributed by atoms with van der Waals surface area (Å²) >= 11 is 31.7. The number of nitrogens with one attached hydrogen (secondary N) is 1. The predicted octanol–water partition coefficient (Wildman–Crippen LogP) is 9.15. The van der Waals surface area contributed by atoms with Crippen LogP contribution in [0, 0.1) is 13.8 Å². The summed E-state index contributed by atoms with van der Waals surface area (Å²) in [6.45, 7) is 3.68. The van der Waals surface area contributed by atoms with Gasteiger partial charge in [-0.1, -0.05) is 46.9 Å². The fourth-order valence-electron chi connectivity index (χ4n) is 2.53. The first-order chi connectivity index (χ1) is 14.4. The highest BCUT2D eigenvalue weighted by Gasteiger charge is 2.04. The molecule has 0 amide bonds. The fourth-order valence-corrected chi connectivity index (χ4v) is 3.13. The lowest BCUT2D eigenvalue weighted by Crippen LogP contribution is -2.08. The Morgan fingerprint density at radius 3 is 1.97 bits per heavy atom. The van der Waals surface area contributed by atoms with Gasteiger partial charge in [0.25, 0.3) is 5.56 Å². The maximum atomic E-state index is 11.2. The lowest BCUT2D eigenvalue weighted by molar-refractivity contribution is 0.600. The molecule has 11 heteroatoms. The number of aromatic amines is 1. The van der Waals surface area contributed by atoms with Crippen LogP contribution in [0.3, 0.4) is 0 Å². The molecule has 0 bridgehead atoms. The number of pyridine rings is 2. The highest BCUT2D eigenvalue weighted by molar-refractivity contribution is 8.24. The van der Waals surface area contributed by atoms with Crippen LogP contribution in [0.2, 0.25) is 15.2 Å². The van der Waals surface area contributed by atoms with Gasteiger partial charge in [0, 0.05) is 31.9 Å². The highest BCUT2D eigenvalue weighted by atomic mass is 36.0. The smallest absolute Gasteiger partial charge is 0.322 e. The molecule has 0 unspecified atom stereocenters. The van der Waals surface area contributed by atoms with Crippen molar-refractivity contribution in [3.8, 4) is 0 Å². The number of halogens is 6. The van der Waals surface area contributed by atoms with Gasteiger partial charge in [-0.25, -0.2) is 4.98 Å². The van der Waals surface area contributed by atoms with Crippen molar-refractivity contribution in [2.45, 2.75) is 13.8 Å². The molecular weight excluding hydrogens is 544 g/mol. The fraction of sp³-hybridized carbons (Fsp3) is 0.100. The average Bonchev–Trinajstić information content (AvgIpc) is 2.65. The quantitative estimate of drug-likeness (QED) is 0.173. The Kier molecular flexibility index (Phi) is 9.54. The second kappa shape index (κ2) is 11.2. The van der Waals surface area contributed by atoms with E-state index in [9.17, 15) is 9.36 Å². The number of aryl methyl sites for hydroxylation is 2. The van der Waals surface area contributed by atoms with Crippen LogP contribution in [-0.4, -0.2) is 9.97 Å². The van der Waals surface area contributed by atoms with E-state index in [0.29, 0.717) is 20.8 Å². The number of aromatic nitrogens is 2. The monoisotopic (exact) mass is 556 g/mol. The first-order valence-corrected chi connectivity index (χ1v) is 14.1. The van der Waals surface area contributed by atoms with E-state index in [2.05, 4.69) is 43.7 Å². The molecule has 0 saturated heterocycles. The molecule has 0 spiro atoms. The summed E-state index contributed by atoms with van der Waals surface area (Å²) < 4.78 is 9.51. The van der Waals surface area contributed by atoms with E-state index in [4.69, 9.17) is 34.8 Å². The number of nitrogens with zero attached hydrogens (tertiary/aromatic N) is 1. The standard InChI is InChI=1S/C10H7Cl2N.C10H8ClNO.Cl3OP/c1-6-5-7-8(11)3-2-4-9(7)13-10(6)12;1-6-5-7-8(11)3-2-4-9(7)12-10(6)13;1-5(2,3)4/h2-5H,1H3;2-5H,1H3,(H,12,13);. The third-order valence-electron chi connectivity index (χ3n) is 3.95. The largest absolute Gasteiger partial charge is 0.339 e. The van der Waals surface area contributed by atoms with Gasteiger partial charge >= 0.3 is 5.20 Å². The Bertz CT molecular complexity index is 1330. The summed E-state index contributed by atoms with van der Waals surface area (Å²) in [5, 5.41) is 0.531. The Morgan fingerprint density at radius 1 is 0.839 bits per heavy atom. The molecule has 4 aromatic rings. The van der Waals surface area contributed by atoms with Crippen molar-refractivity contribution in [1.29, 1.82) is 0 Å². The average molecular weight is 559 g/mol. The van der Waals surface area contributed by atoms with Gasteiger partial charge in [-0.05, 0) is 89.5 Å². The van der Waals surface area contributed by atoms with Crippen molar-refractivity contribution >= 4 is 95.5 Å². The second-order valence-corrected chi connectivity index (χ2v) is 14.1. The van der Waals surface area contributed by atoms with E-state index in [0.717, 1.165) is 27.4 Å². The number of hydrogen-bond acceptors (Lipinski definition) is 3. The van der Waals surface area contributed by atoms with Gasteiger partial charge in [0.1, 0.15) is 5.15 Å². The summed E-state index contributed by atoms with van der Waals surface area (Å²) in [4.78, 5) is 18.2. The molecule has 0 saturated carbocycles. The molecule has 1 N–H and O–H groups in total. The Labute approximate surface area is 208 Å². The van der Waals surface area contributed by atoms with E-state index in [1.165, 1.54) is 0 Å². The summed E-state index contributed by atoms with van der Waals surface area (Å²) in [6, 6.07) is 14.8. The molecule has 4 rings (SSSR count). The number of fused-ring (bicyclic) bond motifs is 2. The van der Waals surface area contributed by atoms with Crippen LogP contribution in [0.1, 0.15) is 11.1 Å². The van der Waals surface area contributed by atoms with E-state index < -0.39 is 5.20 Å². The molecular formula is C20H15Cl6N2O2P. The zero-order valence-corrected chi connectivity index (χ0v) is 21.5. The van der Waals surface area contributed by atoms with E-state index in [-0.39, 0.29) is 5.56 Å². The van der Waals surface area contributed by atoms with Crippen LogP contribution in [0.25, 0.3) is 21.8 Å². The Hall–Kier alpha value is -0.970. The number of benzene rings is 2. The minimum Gasteiger partial charge on any atom is -0.322 e. The first kappa shape index (κ1) is 26.3. The summed E-state index contributed by atoms with van der Waals surface area (Å²) in [5.74, 6) is 0. The highest BCUT2D eigenvalue weighted by Crippen LogP contribution is 2.61.